The number of carbonyl (C=O) groups is 2. The van der Waals surface area contributed by atoms with Crippen molar-refractivity contribution in [3.8, 4) is 5.75 Å². The summed E-state index contributed by atoms with van der Waals surface area (Å²) in [5.41, 5.74) is 5.70. The predicted octanol–water partition coefficient (Wildman–Crippen LogP) is 5.81. The lowest BCUT2D eigenvalue weighted by Crippen LogP contribution is -2.20. The number of esters is 1. The van der Waals surface area contributed by atoms with Crippen molar-refractivity contribution in [1.29, 1.82) is 0 Å². The van der Waals surface area contributed by atoms with Gasteiger partial charge in [0.15, 0.2) is 0 Å². The van der Waals surface area contributed by atoms with Crippen molar-refractivity contribution in [1.82, 2.24) is 5.43 Å². The van der Waals surface area contributed by atoms with Gasteiger partial charge in [-0.25, -0.2) is 10.2 Å². The molecular formula is C26H25BrN2O4. The van der Waals surface area contributed by atoms with E-state index >= 15 is 0 Å². The van der Waals surface area contributed by atoms with Gasteiger partial charge in [-0.05, 0) is 59.2 Å². The van der Waals surface area contributed by atoms with Gasteiger partial charge in [-0.2, -0.15) is 5.10 Å². The zero-order valence-corrected chi connectivity index (χ0v) is 20.3. The van der Waals surface area contributed by atoms with Crippen molar-refractivity contribution in [2.75, 3.05) is 0 Å². The summed E-state index contributed by atoms with van der Waals surface area (Å²) in [6, 6.07) is 16.8. The Labute approximate surface area is 201 Å². The maximum atomic E-state index is 12.6. The van der Waals surface area contributed by atoms with E-state index in [-0.39, 0.29) is 28.9 Å². The lowest BCUT2D eigenvalue weighted by atomic mass is 9.86. The Morgan fingerprint density at radius 1 is 1.15 bits per heavy atom. The largest absolute Gasteiger partial charge is 0.457 e. The van der Waals surface area contributed by atoms with Gasteiger partial charge in [0, 0.05) is 16.0 Å². The van der Waals surface area contributed by atoms with E-state index < -0.39 is 5.97 Å². The zero-order chi connectivity index (χ0) is 23.6. The Balaban J connectivity index is 1.37. The van der Waals surface area contributed by atoms with Crippen LogP contribution in [0.1, 0.15) is 60.4 Å². The molecule has 1 fully saturated rings. The quantitative estimate of drug-likeness (QED) is 0.197. The summed E-state index contributed by atoms with van der Waals surface area (Å²) in [5, 5.41) is 4.09. The van der Waals surface area contributed by atoms with E-state index in [1.54, 1.807) is 24.3 Å². The minimum absolute atomic E-state index is 0.0959. The lowest BCUT2D eigenvalue weighted by Gasteiger charge is -2.19. The molecule has 6 nitrogen and oxygen atoms in total. The number of ether oxygens (including phenoxy) is 1. The number of furan rings is 1. The van der Waals surface area contributed by atoms with Crippen LogP contribution in [0.25, 0.3) is 0 Å². The molecule has 33 heavy (non-hydrogen) atoms. The van der Waals surface area contributed by atoms with E-state index in [2.05, 4.69) is 71.5 Å². The third kappa shape index (κ3) is 5.60. The number of hydrogen-bond donors (Lipinski definition) is 1. The number of hydrogen-bond acceptors (Lipinski definition) is 5. The van der Waals surface area contributed by atoms with Crippen molar-refractivity contribution in [2.45, 2.75) is 38.5 Å². The average molecular weight is 509 g/mol. The molecule has 0 aliphatic heterocycles. The van der Waals surface area contributed by atoms with Crippen molar-refractivity contribution in [3.05, 3.63) is 87.8 Å². The second-order valence-corrected chi connectivity index (χ2v) is 10.0. The standard InChI is InChI=1S/C26H25BrN2O4/c1-26(2,3)18-8-6-16(7-9-18)20-14-21(20)24(30)29-28-15-17-13-19(27)10-11-22(17)33-25(31)23-5-4-12-32-23/h4-13,15,20-21H,14H2,1-3H3,(H,29,30)/b28-15-. The Bertz CT molecular complexity index is 1180. The van der Waals surface area contributed by atoms with Crippen LogP contribution in [0.5, 0.6) is 5.75 Å². The van der Waals surface area contributed by atoms with Gasteiger partial charge >= 0.3 is 5.97 Å². The fourth-order valence-corrected chi connectivity index (χ4v) is 3.97. The van der Waals surface area contributed by atoms with Crippen LogP contribution in [0, 0.1) is 5.92 Å². The van der Waals surface area contributed by atoms with Crippen LogP contribution in [-0.2, 0) is 10.2 Å². The van der Waals surface area contributed by atoms with E-state index in [4.69, 9.17) is 9.15 Å². The summed E-state index contributed by atoms with van der Waals surface area (Å²) in [5.74, 6) is -0.212. The molecule has 2 aromatic carbocycles. The molecule has 0 saturated heterocycles. The van der Waals surface area contributed by atoms with Gasteiger partial charge in [0.1, 0.15) is 5.75 Å². The highest BCUT2D eigenvalue weighted by molar-refractivity contribution is 9.10. The summed E-state index contributed by atoms with van der Waals surface area (Å²) < 4.78 is 11.3. The number of halogens is 1. The average Bonchev–Trinajstić information content (AvgIpc) is 3.39. The summed E-state index contributed by atoms with van der Waals surface area (Å²) in [6.07, 6.45) is 3.67. The topological polar surface area (TPSA) is 80.9 Å². The first kappa shape index (κ1) is 23.0. The molecule has 1 amide bonds. The molecule has 1 heterocycles. The van der Waals surface area contributed by atoms with Gasteiger partial charge in [0.05, 0.1) is 12.5 Å². The third-order valence-corrected chi connectivity index (χ3v) is 6.10. The fraction of sp³-hybridized carbons (Fsp3) is 0.269. The molecule has 0 radical (unpaired) electrons. The smallest absolute Gasteiger partial charge is 0.379 e. The predicted molar refractivity (Wildman–Crippen MR) is 130 cm³/mol. The van der Waals surface area contributed by atoms with Gasteiger partial charge < -0.3 is 9.15 Å². The molecule has 3 aromatic rings. The summed E-state index contributed by atoms with van der Waals surface area (Å²) in [4.78, 5) is 24.8. The summed E-state index contributed by atoms with van der Waals surface area (Å²) in [6.45, 7) is 6.55. The maximum Gasteiger partial charge on any atom is 0.379 e. The van der Waals surface area contributed by atoms with Crippen LogP contribution >= 0.6 is 15.9 Å². The monoisotopic (exact) mass is 508 g/mol. The number of hydrazone groups is 1. The first-order chi connectivity index (χ1) is 15.7. The van der Waals surface area contributed by atoms with Crippen LogP contribution in [0.3, 0.4) is 0 Å². The molecule has 170 valence electrons. The van der Waals surface area contributed by atoms with Crippen molar-refractivity contribution in [2.24, 2.45) is 11.0 Å². The van der Waals surface area contributed by atoms with Crippen molar-refractivity contribution < 1.29 is 18.7 Å². The van der Waals surface area contributed by atoms with Crippen molar-refractivity contribution in [3.63, 3.8) is 0 Å². The maximum absolute atomic E-state index is 12.6. The number of nitrogens with zero attached hydrogens (tertiary/aromatic N) is 1. The van der Waals surface area contributed by atoms with E-state index in [1.807, 2.05) is 0 Å². The van der Waals surface area contributed by atoms with Gasteiger partial charge in [-0.1, -0.05) is 61.0 Å². The third-order valence-electron chi connectivity index (χ3n) is 5.61. The molecule has 1 saturated carbocycles. The molecule has 0 spiro atoms. The van der Waals surface area contributed by atoms with Gasteiger partial charge in [-0.15, -0.1) is 0 Å². The normalized spacial score (nSPS) is 17.7. The van der Waals surface area contributed by atoms with E-state index in [0.29, 0.717) is 11.3 Å². The van der Waals surface area contributed by atoms with Crippen LogP contribution in [0.4, 0.5) is 0 Å². The van der Waals surface area contributed by atoms with Crippen molar-refractivity contribution >= 4 is 34.0 Å². The van der Waals surface area contributed by atoms with Crippen LogP contribution < -0.4 is 10.2 Å². The zero-order valence-electron chi connectivity index (χ0n) is 18.7. The Hall–Kier alpha value is -3.19. The highest BCUT2D eigenvalue weighted by Gasteiger charge is 2.44. The van der Waals surface area contributed by atoms with Gasteiger partial charge in [0.2, 0.25) is 11.7 Å². The van der Waals surface area contributed by atoms with Gasteiger partial charge in [0.25, 0.3) is 0 Å². The van der Waals surface area contributed by atoms with Gasteiger partial charge in [-0.3, -0.25) is 4.79 Å². The van der Waals surface area contributed by atoms with Crippen LogP contribution in [0.2, 0.25) is 0 Å². The fourth-order valence-electron chi connectivity index (χ4n) is 3.59. The number of amides is 1. The highest BCUT2D eigenvalue weighted by atomic mass is 79.9. The summed E-state index contributed by atoms with van der Waals surface area (Å²) >= 11 is 3.40. The number of nitrogens with one attached hydrogen (secondary N) is 1. The van der Waals surface area contributed by atoms with E-state index in [0.717, 1.165) is 10.9 Å². The van der Waals surface area contributed by atoms with Crippen LogP contribution in [0.15, 0.2) is 74.9 Å². The Morgan fingerprint density at radius 2 is 1.91 bits per heavy atom. The number of rotatable bonds is 6. The first-order valence-corrected chi connectivity index (χ1v) is 11.5. The highest BCUT2D eigenvalue weighted by Crippen LogP contribution is 2.47. The Morgan fingerprint density at radius 3 is 2.58 bits per heavy atom. The second-order valence-electron chi connectivity index (χ2n) is 9.10. The first-order valence-electron chi connectivity index (χ1n) is 10.7. The number of carbonyl (C=O) groups excluding carboxylic acids is 2. The molecule has 2 atom stereocenters. The molecule has 1 aliphatic rings. The molecule has 1 aromatic heterocycles. The molecule has 1 aliphatic carbocycles. The molecule has 7 heteroatoms. The summed E-state index contributed by atoms with van der Waals surface area (Å²) in [7, 11) is 0. The minimum atomic E-state index is -0.612. The molecule has 1 N–H and O–H groups in total. The molecule has 4 rings (SSSR count). The van der Waals surface area contributed by atoms with E-state index in [1.165, 1.54) is 29.7 Å². The molecule has 2 unspecified atom stereocenters. The molecular weight excluding hydrogens is 484 g/mol. The lowest BCUT2D eigenvalue weighted by molar-refractivity contribution is -0.122. The Kier molecular flexibility index (Phi) is 6.51. The second kappa shape index (κ2) is 9.35. The SMILES string of the molecule is CC(C)(C)c1ccc(C2CC2C(=O)N/N=C\c2cc(Br)ccc2OC(=O)c2ccco2)cc1. The molecule has 0 bridgehead atoms. The van der Waals surface area contributed by atoms with E-state index in [9.17, 15) is 9.59 Å². The minimum Gasteiger partial charge on any atom is -0.457 e. The van der Waals surface area contributed by atoms with Crippen LogP contribution in [-0.4, -0.2) is 18.1 Å². The number of benzene rings is 2.